The summed E-state index contributed by atoms with van der Waals surface area (Å²) < 4.78 is 29.3. The summed E-state index contributed by atoms with van der Waals surface area (Å²) in [6, 6.07) is 8.62. The van der Waals surface area contributed by atoms with E-state index < -0.39 is 29.4 Å². The van der Waals surface area contributed by atoms with Crippen molar-refractivity contribution in [1.29, 1.82) is 0 Å². The lowest BCUT2D eigenvalue weighted by Crippen LogP contribution is -2.24. The molecule has 10 heteroatoms. The maximum Gasteiger partial charge on any atom is 0.267 e. The first-order chi connectivity index (χ1) is 16.0. The van der Waals surface area contributed by atoms with Crippen LogP contribution in [-0.4, -0.2) is 29.2 Å². The zero-order chi connectivity index (χ0) is 25.2. The van der Waals surface area contributed by atoms with Gasteiger partial charge in [-0.1, -0.05) is 30.1 Å². The minimum absolute atomic E-state index is 0.0329. The maximum atomic E-state index is 14.0. The van der Waals surface area contributed by atoms with Crippen LogP contribution in [0.2, 0.25) is 10.0 Å². The molecular formula is C24H21Cl2F2N3O3. The number of Topliss-reactive ketones (excluding diaryl/α,β-unsaturated/α-hetero) is 1. The number of amides is 2. The Kier molecular flexibility index (Phi) is 7.74. The van der Waals surface area contributed by atoms with Gasteiger partial charge in [0.25, 0.3) is 11.8 Å². The SMILES string of the molecule is CNC(=O)c1cc(NC(=O)c2cc(F)cc(Cl)c2)c([C@@H](C)c2cc(F)ccc2Cl)n1CC(C)=O. The molecule has 0 spiro atoms. The highest BCUT2D eigenvalue weighted by Crippen LogP contribution is 2.37. The fourth-order valence-corrected chi connectivity index (χ4v) is 4.22. The van der Waals surface area contributed by atoms with E-state index in [1.54, 1.807) is 6.92 Å². The lowest BCUT2D eigenvalue weighted by Gasteiger charge is -2.20. The number of nitrogens with one attached hydrogen (secondary N) is 2. The van der Waals surface area contributed by atoms with E-state index in [1.165, 1.54) is 48.9 Å². The molecule has 6 nitrogen and oxygen atoms in total. The van der Waals surface area contributed by atoms with Gasteiger partial charge >= 0.3 is 0 Å². The third kappa shape index (κ3) is 5.46. The van der Waals surface area contributed by atoms with E-state index >= 15 is 0 Å². The lowest BCUT2D eigenvalue weighted by molar-refractivity contribution is -0.117. The van der Waals surface area contributed by atoms with Crippen LogP contribution in [0.1, 0.15) is 51.9 Å². The number of benzene rings is 2. The van der Waals surface area contributed by atoms with Gasteiger partial charge in [0.05, 0.1) is 12.2 Å². The molecule has 1 heterocycles. The summed E-state index contributed by atoms with van der Waals surface area (Å²) in [6.07, 6.45) is 0. The predicted octanol–water partition coefficient (Wildman–Crippen LogP) is 5.43. The zero-order valence-electron chi connectivity index (χ0n) is 18.5. The van der Waals surface area contributed by atoms with E-state index in [-0.39, 0.29) is 39.3 Å². The van der Waals surface area contributed by atoms with Crippen LogP contribution in [-0.2, 0) is 11.3 Å². The molecule has 178 valence electrons. The van der Waals surface area contributed by atoms with E-state index in [0.717, 1.165) is 12.1 Å². The summed E-state index contributed by atoms with van der Waals surface area (Å²) in [4.78, 5) is 37.6. The summed E-state index contributed by atoms with van der Waals surface area (Å²) in [6.45, 7) is 2.87. The van der Waals surface area contributed by atoms with Crippen molar-refractivity contribution in [3.8, 4) is 0 Å². The van der Waals surface area contributed by atoms with Gasteiger partial charge in [0.1, 0.15) is 23.1 Å². The van der Waals surface area contributed by atoms with Crippen molar-refractivity contribution < 1.29 is 23.2 Å². The van der Waals surface area contributed by atoms with E-state index in [9.17, 15) is 23.2 Å². The van der Waals surface area contributed by atoms with Crippen molar-refractivity contribution in [1.82, 2.24) is 9.88 Å². The Morgan fingerprint density at radius 3 is 2.32 bits per heavy atom. The maximum absolute atomic E-state index is 14.0. The molecule has 2 amide bonds. The third-order valence-electron chi connectivity index (χ3n) is 5.19. The first-order valence-electron chi connectivity index (χ1n) is 10.2. The Bertz CT molecular complexity index is 1270. The lowest BCUT2D eigenvalue weighted by atomic mass is 9.96. The van der Waals surface area contributed by atoms with Gasteiger partial charge in [-0.15, -0.1) is 0 Å². The molecule has 0 bridgehead atoms. The second-order valence-electron chi connectivity index (χ2n) is 7.70. The van der Waals surface area contributed by atoms with Crippen LogP contribution in [0, 0.1) is 11.6 Å². The van der Waals surface area contributed by atoms with E-state index in [4.69, 9.17) is 23.2 Å². The van der Waals surface area contributed by atoms with Crippen LogP contribution in [0.25, 0.3) is 0 Å². The van der Waals surface area contributed by atoms with Crippen molar-refractivity contribution >= 4 is 46.5 Å². The second kappa shape index (κ2) is 10.4. The average molecular weight is 508 g/mol. The van der Waals surface area contributed by atoms with Gasteiger partial charge in [-0.3, -0.25) is 14.4 Å². The van der Waals surface area contributed by atoms with Crippen LogP contribution in [0.15, 0.2) is 42.5 Å². The van der Waals surface area contributed by atoms with Crippen molar-refractivity contribution in [3.63, 3.8) is 0 Å². The van der Waals surface area contributed by atoms with Gasteiger partial charge in [-0.2, -0.15) is 0 Å². The molecule has 0 unspecified atom stereocenters. The third-order valence-corrected chi connectivity index (χ3v) is 5.75. The molecule has 1 atom stereocenters. The summed E-state index contributed by atoms with van der Waals surface area (Å²) in [5, 5.41) is 5.46. The van der Waals surface area contributed by atoms with Crippen LogP contribution in [0.5, 0.6) is 0 Å². The summed E-state index contributed by atoms with van der Waals surface area (Å²) in [5.41, 5.74) is 0.959. The molecule has 2 N–H and O–H groups in total. The van der Waals surface area contributed by atoms with Crippen LogP contribution in [0.4, 0.5) is 14.5 Å². The van der Waals surface area contributed by atoms with E-state index in [1.807, 2.05) is 0 Å². The predicted molar refractivity (Wildman–Crippen MR) is 127 cm³/mol. The number of aromatic nitrogens is 1. The molecule has 0 radical (unpaired) electrons. The molecule has 0 aliphatic carbocycles. The van der Waals surface area contributed by atoms with Gasteiger partial charge in [0, 0.05) is 34.3 Å². The molecule has 0 saturated heterocycles. The zero-order valence-corrected chi connectivity index (χ0v) is 20.0. The van der Waals surface area contributed by atoms with Crippen molar-refractivity contribution in [2.45, 2.75) is 26.3 Å². The molecule has 2 aromatic carbocycles. The number of ketones is 1. The number of anilines is 1. The standard InChI is InChI=1S/C24H21Cl2F2N3O3/c1-12(32)11-31-21(24(34)29-3)10-20(30-23(33)14-6-15(25)8-17(28)7-14)22(31)13(2)18-9-16(27)4-5-19(18)26/h4-10,13H,11H2,1-3H3,(H,29,34)(H,30,33)/t13-/m0/s1. The van der Waals surface area contributed by atoms with E-state index in [2.05, 4.69) is 10.6 Å². The van der Waals surface area contributed by atoms with Gasteiger partial charge in [0.2, 0.25) is 0 Å². The summed E-state index contributed by atoms with van der Waals surface area (Å²) in [7, 11) is 1.42. The van der Waals surface area contributed by atoms with E-state index in [0.29, 0.717) is 11.3 Å². The Morgan fingerprint density at radius 2 is 1.71 bits per heavy atom. The molecule has 0 saturated carbocycles. The molecule has 1 aromatic heterocycles. The molecule has 0 aliphatic heterocycles. The first kappa shape index (κ1) is 25.4. The van der Waals surface area contributed by atoms with Gasteiger partial charge in [-0.05, 0) is 55.0 Å². The number of halogens is 4. The highest BCUT2D eigenvalue weighted by molar-refractivity contribution is 6.31. The van der Waals surface area contributed by atoms with Crippen molar-refractivity contribution in [2.24, 2.45) is 0 Å². The van der Waals surface area contributed by atoms with Crippen LogP contribution in [0.3, 0.4) is 0 Å². The molecule has 0 aliphatic rings. The Balaban J connectivity index is 2.20. The Labute approximate surface area is 204 Å². The molecule has 3 aromatic rings. The molecule has 34 heavy (non-hydrogen) atoms. The second-order valence-corrected chi connectivity index (χ2v) is 8.54. The van der Waals surface area contributed by atoms with Crippen molar-refractivity contribution in [2.75, 3.05) is 12.4 Å². The summed E-state index contributed by atoms with van der Waals surface area (Å²) in [5.74, 6) is -3.32. The van der Waals surface area contributed by atoms with Gasteiger partial charge in [0.15, 0.2) is 0 Å². The summed E-state index contributed by atoms with van der Waals surface area (Å²) >= 11 is 12.2. The fourth-order valence-electron chi connectivity index (χ4n) is 3.71. The first-order valence-corrected chi connectivity index (χ1v) is 10.9. The Hall–Kier alpha value is -3.23. The van der Waals surface area contributed by atoms with Crippen LogP contribution >= 0.6 is 23.2 Å². The highest BCUT2D eigenvalue weighted by atomic mass is 35.5. The minimum Gasteiger partial charge on any atom is -0.354 e. The van der Waals surface area contributed by atoms with Gasteiger partial charge in [-0.25, -0.2) is 8.78 Å². The topological polar surface area (TPSA) is 80.2 Å². The largest absolute Gasteiger partial charge is 0.354 e. The van der Waals surface area contributed by atoms with Crippen LogP contribution < -0.4 is 10.6 Å². The normalized spacial score (nSPS) is 11.7. The number of hydrogen-bond donors (Lipinski definition) is 2. The number of nitrogens with zero attached hydrogens (tertiary/aromatic N) is 1. The number of carbonyl (C=O) groups is 3. The monoisotopic (exact) mass is 507 g/mol. The Morgan fingerprint density at radius 1 is 1.00 bits per heavy atom. The highest BCUT2D eigenvalue weighted by Gasteiger charge is 2.27. The molecular weight excluding hydrogens is 487 g/mol. The number of hydrogen-bond acceptors (Lipinski definition) is 3. The fraction of sp³-hybridized carbons (Fsp3) is 0.208. The average Bonchev–Trinajstić information content (AvgIpc) is 3.10. The number of rotatable bonds is 7. The smallest absolute Gasteiger partial charge is 0.267 e. The quantitative estimate of drug-likeness (QED) is 0.447. The minimum atomic E-state index is -0.696. The van der Waals surface area contributed by atoms with Crippen molar-refractivity contribution in [3.05, 3.63) is 86.7 Å². The molecule has 0 fully saturated rings. The number of carbonyl (C=O) groups excluding carboxylic acids is 3. The molecule has 3 rings (SSSR count). The van der Waals surface area contributed by atoms with Gasteiger partial charge < -0.3 is 15.2 Å².